The van der Waals surface area contributed by atoms with Crippen LogP contribution in [0.5, 0.6) is 5.75 Å². The summed E-state index contributed by atoms with van der Waals surface area (Å²) in [5.74, 6) is 2.49. The molecule has 0 saturated heterocycles. The summed E-state index contributed by atoms with van der Waals surface area (Å²) in [5, 5.41) is 4.25. The highest BCUT2D eigenvalue weighted by atomic mass is 35.5. The van der Waals surface area contributed by atoms with Crippen molar-refractivity contribution in [1.82, 2.24) is 5.32 Å². The van der Waals surface area contributed by atoms with Crippen molar-refractivity contribution in [1.29, 1.82) is 0 Å². The van der Waals surface area contributed by atoms with Crippen molar-refractivity contribution >= 4 is 11.6 Å². The summed E-state index contributed by atoms with van der Waals surface area (Å²) >= 11 is 6.14. The van der Waals surface area contributed by atoms with Gasteiger partial charge in [-0.2, -0.15) is 0 Å². The van der Waals surface area contributed by atoms with E-state index in [-0.39, 0.29) is 0 Å². The molecule has 2 nitrogen and oxygen atoms in total. The average molecular weight is 310 g/mol. The van der Waals surface area contributed by atoms with Gasteiger partial charge in [-0.15, -0.1) is 0 Å². The SMILES string of the molecule is CC(C)CNCc1cc(Cl)ccc1OC1CCC(C)CC1. The van der Waals surface area contributed by atoms with E-state index in [0.717, 1.165) is 29.8 Å². The van der Waals surface area contributed by atoms with Crippen LogP contribution < -0.4 is 10.1 Å². The minimum atomic E-state index is 0.367. The Labute approximate surface area is 134 Å². The predicted octanol–water partition coefficient (Wildman–Crippen LogP) is 5.04. The monoisotopic (exact) mass is 309 g/mol. The molecule has 1 aromatic carbocycles. The summed E-state index contributed by atoms with van der Waals surface area (Å²) < 4.78 is 6.25. The second-order valence-corrected chi connectivity index (χ2v) is 7.21. The van der Waals surface area contributed by atoms with E-state index in [4.69, 9.17) is 16.3 Å². The molecule has 1 saturated carbocycles. The summed E-state index contributed by atoms with van der Waals surface area (Å²) in [6.45, 7) is 8.58. The largest absolute Gasteiger partial charge is 0.490 e. The lowest BCUT2D eigenvalue weighted by atomic mass is 9.89. The van der Waals surface area contributed by atoms with Gasteiger partial charge in [0.25, 0.3) is 0 Å². The molecule has 0 aromatic heterocycles. The number of nitrogens with one attached hydrogen (secondary N) is 1. The number of halogens is 1. The highest BCUT2D eigenvalue weighted by Gasteiger charge is 2.20. The van der Waals surface area contributed by atoms with Crippen molar-refractivity contribution in [3.05, 3.63) is 28.8 Å². The maximum atomic E-state index is 6.25. The van der Waals surface area contributed by atoms with E-state index in [2.05, 4.69) is 26.1 Å². The van der Waals surface area contributed by atoms with Gasteiger partial charge < -0.3 is 10.1 Å². The van der Waals surface area contributed by atoms with Gasteiger partial charge in [0, 0.05) is 17.1 Å². The molecule has 0 aliphatic heterocycles. The summed E-state index contributed by atoms with van der Waals surface area (Å²) in [6.07, 6.45) is 5.26. The Bertz CT molecular complexity index is 439. The standard InChI is InChI=1S/C18H28ClNO/c1-13(2)11-20-12-15-10-16(19)6-9-18(15)21-17-7-4-14(3)5-8-17/h6,9-10,13-14,17,20H,4-5,7-8,11-12H2,1-3H3. The summed E-state index contributed by atoms with van der Waals surface area (Å²) in [7, 11) is 0. The van der Waals surface area contributed by atoms with Crippen molar-refractivity contribution in [3.8, 4) is 5.75 Å². The van der Waals surface area contributed by atoms with Gasteiger partial charge in [0.2, 0.25) is 0 Å². The van der Waals surface area contributed by atoms with Gasteiger partial charge in [-0.3, -0.25) is 0 Å². The van der Waals surface area contributed by atoms with Crippen LogP contribution in [0.1, 0.15) is 52.0 Å². The first-order chi connectivity index (χ1) is 10.0. The Hall–Kier alpha value is -0.730. The molecule has 0 unspecified atom stereocenters. The van der Waals surface area contributed by atoms with Crippen LogP contribution in [0.25, 0.3) is 0 Å². The van der Waals surface area contributed by atoms with Crippen molar-refractivity contribution in [2.75, 3.05) is 6.54 Å². The zero-order valence-electron chi connectivity index (χ0n) is 13.5. The number of ether oxygens (including phenoxy) is 1. The van der Waals surface area contributed by atoms with E-state index in [0.29, 0.717) is 12.0 Å². The Morgan fingerprint density at radius 1 is 1.24 bits per heavy atom. The predicted molar refractivity (Wildman–Crippen MR) is 90.0 cm³/mol. The van der Waals surface area contributed by atoms with E-state index in [1.165, 1.54) is 31.2 Å². The lowest BCUT2D eigenvalue weighted by molar-refractivity contribution is 0.134. The van der Waals surface area contributed by atoms with Gasteiger partial charge in [0.05, 0.1) is 6.10 Å². The van der Waals surface area contributed by atoms with Crippen LogP contribution in [-0.2, 0) is 6.54 Å². The minimum Gasteiger partial charge on any atom is -0.490 e. The zero-order valence-corrected chi connectivity index (χ0v) is 14.2. The molecule has 0 spiro atoms. The highest BCUT2D eigenvalue weighted by molar-refractivity contribution is 6.30. The molecular weight excluding hydrogens is 282 g/mol. The summed E-state index contributed by atoms with van der Waals surface area (Å²) in [4.78, 5) is 0. The lowest BCUT2D eigenvalue weighted by Gasteiger charge is -2.27. The van der Waals surface area contributed by atoms with E-state index in [1.807, 2.05) is 18.2 Å². The van der Waals surface area contributed by atoms with Gasteiger partial charge in [0.1, 0.15) is 5.75 Å². The molecule has 21 heavy (non-hydrogen) atoms. The summed E-state index contributed by atoms with van der Waals surface area (Å²) in [5.41, 5.74) is 1.17. The molecule has 1 fully saturated rings. The smallest absolute Gasteiger partial charge is 0.124 e. The van der Waals surface area contributed by atoms with Crippen molar-refractivity contribution in [3.63, 3.8) is 0 Å². The molecule has 118 valence electrons. The molecule has 0 amide bonds. The van der Waals surface area contributed by atoms with Gasteiger partial charge in [-0.05, 0) is 62.3 Å². The van der Waals surface area contributed by atoms with Gasteiger partial charge in [-0.1, -0.05) is 32.4 Å². The quantitative estimate of drug-likeness (QED) is 0.794. The van der Waals surface area contributed by atoms with Crippen LogP contribution >= 0.6 is 11.6 Å². The molecule has 1 aromatic rings. The highest BCUT2D eigenvalue weighted by Crippen LogP contribution is 2.30. The molecule has 0 atom stereocenters. The third-order valence-corrected chi connectivity index (χ3v) is 4.38. The third kappa shape index (κ3) is 5.52. The maximum Gasteiger partial charge on any atom is 0.124 e. The minimum absolute atomic E-state index is 0.367. The van der Waals surface area contributed by atoms with Gasteiger partial charge in [0.15, 0.2) is 0 Å². The summed E-state index contributed by atoms with van der Waals surface area (Å²) in [6, 6.07) is 5.97. The third-order valence-electron chi connectivity index (χ3n) is 4.15. The van der Waals surface area contributed by atoms with Crippen LogP contribution in [0.2, 0.25) is 5.02 Å². The molecule has 1 N–H and O–H groups in total. The molecule has 1 aliphatic rings. The van der Waals surface area contributed by atoms with Crippen LogP contribution in [0.3, 0.4) is 0 Å². The molecule has 0 bridgehead atoms. The fourth-order valence-corrected chi connectivity index (χ4v) is 3.02. The van der Waals surface area contributed by atoms with Crippen LogP contribution in [0.15, 0.2) is 18.2 Å². The Morgan fingerprint density at radius 3 is 2.62 bits per heavy atom. The average Bonchev–Trinajstić information content (AvgIpc) is 2.43. The molecule has 3 heteroatoms. The number of benzene rings is 1. The van der Waals surface area contributed by atoms with E-state index < -0.39 is 0 Å². The number of hydrogen-bond acceptors (Lipinski definition) is 2. The van der Waals surface area contributed by atoms with Crippen LogP contribution in [-0.4, -0.2) is 12.6 Å². The molecule has 0 radical (unpaired) electrons. The van der Waals surface area contributed by atoms with E-state index in [1.54, 1.807) is 0 Å². The Kier molecular flexibility index (Phi) is 6.38. The van der Waals surface area contributed by atoms with E-state index >= 15 is 0 Å². The second-order valence-electron chi connectivity index (χ2n) is 6.78. The first-order valence-electron chi connectivity index (χ1n) is 8.20. The number of hydrogen-bond donors (Lipinski definition) is 1. The maximum absolute atomic E-state index is 6.25. The van der Waals surface area contributed by atoms with Gasteiger partial charge in [-0.25, -0.2) is 0 Å². The van der Waals surface area contributed by atoms with E-state index in [9.17, 15) is 0 Å². The van der Waals surface area contributed by atoms with Crippen LogP contribution in [0, 0.1) is 11.8 Å². The first kappa shape index (κ1) is 16.6. The number of rotatable bonds is 6. The van der Waals surface area contributed by atoms with Crippen molar-refractivity contribution in [2.24, 2.45) is 11.8 Å². The van der Waals surface area contributed by atoms with Gasteiger partial charge >= 0.3 is 0 Å². The topological polar surface area (TPSA) is 21.3 Å². The Morgan fingerprint density at radius 2 is 1.95 bits per heavy atom. The first-order valence-corrected chi connectivity index (χ1v) is 8.58. The lowest BCUT2D eigenvalue weighted by Crippen LogP contribution is -2.24. The molecule has 2 rings (SSSR count). The molecule has 1 aliphatic carbocycles. The molecule has 0 heterocycles. The van der Waals surface area contributed by atoms with Crippen LogP contribution in [0.4, 0.5) is 0 Å². The normalized spacial score (nSPS) is 22.5. The Balaban J connectivity index is 1.97. The van der Waals surface area contributed by atoms with Crippen molar-refractivity contribution in [2.45, 2.75) is 59.1 Å². The fraction of sp³-hybridized carbons (Fsp3) is 0.667. The zero-order chi connectivity index (χ0) is 15.2. The van der Waals surface area contributed by atoms with Crippen molar-refractivity contribution < 1.29 is 4.74 Å². The second kappa shape index (κ2) is 8.05. The molecular formula is C18H28ClNO. The fourth-order valence-electron chi connectivity index (χ4n) is 2.82.